The zero-order chi connectivity index (χ0) is 15.4. The molecule has 21 heavy (non-hydrogen) atoms. The number of carbonyl (C=O) groups is 1. The van der Waals surface area contributed by atoms with Gasteiger partial charge in [0.2, 0.25) is 0 Å². The van der Waals surface area contributed by atoms with Crippen LogP contribution in [0.25, 0.3) is 0 Å². The number of benzene rings is 1. The van der Waals surface area contributed by atoms with E-state index < -0.39 is 0 Å². The highest BCUT2D eigenvalue weighted by molar-refractivity contribution is 5.69. The van der Waals surface area contributed by atoms with Crippen molar-refractivity contribution in [3.8, 4) is 5.75 Å². The number of aliphatic hydroxyl groups is 1. The molecular formula is C16H23NO4. The van der Waals surface area contributed by atoms with Gasteiger partial charge < -0.3 is 19.5 Å². The molecule has 5 nitrogen and oxygen atoms in total. The largest absolute Gasteiger partial charge is 0.493 e. The van der Waals surface area contributed by atoms with Gasteiger partial charge in [0.1, 0.15) is 5.75 Å². The van der Waals surface area contributed by atoms with Crippen LogP contribution in [0.2, 0.25) is 0 Å². The average Bonchev–Trinajstić information content (AvgIpc) is 2.48. The Morgan fingerprint density at radius 3 is 2.76 bits per heavy atom. The highest BCUT2D eigenvalue weighted by Gasteiger charge is 2.29. The van der Waals surface area contributed by atoms with Crippen LogP contribution < -0.4 is 4.74 Å². The van der Waals surface area contributed by atoms with Gasteiger partial charge in [0.25, 0.3) is 0 Å². The monoisotopic (exact) mass is 293 g/mol. The molecule has 1 unspecified atom stereocenters. The molecule has 1 aromatic rings. The minimum absolute atomic E-state index is 0.0431. The van der Waals surface area contributed by atoms with E-state index in [1.807, 2.05) is 26.0 Å². The van der Waals surface area contributed by atoms with Gasteiger partial charge in [0, 0.05) is 12.1 Å². The minimum Gasteiger partial charge on any atom is -0.493 e. The topological polar surface area (TPSA) is 59.0 Å². The summed E-state index contributed by atoms with van der Waals surface area (Å²) in [4.78, 5) is 13.7. The molecule has 0 radical (unpaired) electrons. The number of nitrogens with zero attached hydrogens (tertiary/aromatic N) is 1. The molecule has 5 heteroatoms. The zero-order valence-electron chi connectivity index (χ0n) is 12.9. The lowest BCUT2D eigenvalue weighted by atomic mass is 9.91. The van der Waals surface area contributed by atoms with E-state index in [1.54, 1.807) is 11.8 Å². The van der Waals surface area contributed by atoms with Crippen molar-refractivity contribution in [2.75, 3.05) is 19.8 Å². The molecule has 1 amide bonds. The first kappa shape index (κ1) is 15.6. The van der Waals surface area contributed by atoms with Gasteiger partial charge >= 0.3 is 6.09 Å². The molecule has 1 aliphatic heterocycles. The first-order valence-electron chi connectivity index (χ1n) is 7.45. The molecule has 116 valence electrons. The Hall–Kier alpha value is -1.75. The van der Waals surface area contributed by atoms with E-state index in [2.05, 4.69) is 0 Å². The summed E-state index contributed by atoms with van der Waals surface area (Å²) in [6, 6.07) is 3.87. The summed E-state index contributed by atoms with van der Waals surface area (Å²) in [5.41, 5.74) is 3.03. The maximum Gasteiger partial charge on any atom is 0.410 e. The summed E-state index contributed by atoms with van der Waals surface area (Å²) in [5.74, 6) is 0.691. The molecule has 0 saturated carbocycles. The Bertz CT molecular complexity index is 515. The fraction of sp³-hybridized carbons (Fsp3) is 0.562. The molecule has 1 atom stereocenters. The van der Waals surface area contributed by atoms with Crippen LogP contribution in [0, 0.1) is 0 Å². The van der Waals surface area contributed by atoms with Crippen LogP contribution in [-0.2, 0) is 17.8 Å². The molecule has 2 rings (SSSR count). The molecular weight excluding hydrogens is 270 g/mol. The summed E-state index contributed by atoms with van der Waals surface area (Å²) in [6.07, 6.45) is 0.484. The fourth-order valence-corrected chi connectivity index (χ4v) is 2.77. The summed E-state index contributed by atoms with van der Waals surface area (Å²) in [7, 11) is 0. The van der Waals surface area contributed by atoms with E-state index >= 15 is 0 Å². The molecule has 0 spiro atoms. The first-order valence-corrected chi connectivity index (χ1v) is 7.45. The predicted octanol–water partition coefficient (Wildman–Crippen LogP) is 2.65. The summed E-state index contributed by atoms with van der Waals surface area (Å²) in [5, 5.41) is 9.46. The van der Waals surface area contributed by atoms with Crippen molar-refractivity contribution in [3.63, 3.8) is 0 Å². The van der Waals surface area contributed by atoms with Gasteiger partial charge in [0.15, 0.2) is 0 Å². The second kappa shape index (κ2) is 6.80. The van der Waals surface area contributed by atoms with Crippen molar-refractivity contribution in [1.82, 2.24) is 4.90 Å². The van der Waals surface area contributed by atoms with Crippen molar-refractivity contribution in [1.29, 1.82) is 0 Å². The Balaban J connectivity index is 2.33. The van der Waals surface area contributed by atoms with Crippen molar-refractivity contribution < 1.29 is 19.4 Å². The maximum atomic E-state index is 12.0. The van der Waals surface area contributed by atoms with Gasteiger partial charge in [-0.3, -0.25) is 0 Å². The molecule has 1 aliphatic rings. The SMILES string of the molecule is CCOC(=O)N1CCc2cc(CO)c(OCC)cc2C1C. The summed E-state index contributed by atoms with van der Waals surface area (Å²) in [6.45, 7) is 7.22. The lowest BCUT2D eigenvalue weighted by Crippen LogP contribution is -2.39. The Morgan fingerprint density at radius 1 is 1.38 bits per heavy atom. The van der Waals surface area contributed by atoms with Crippen molar-refractivity contribution in [2.24, 2.45) is 0 Å². The molecule has 1 N–H and O–H groups in total. The Labute approximate surface area is 125 Å². The number of amides is 1. The van der Waals surface area contributed by atoms with Crippen LogP contribution in [0.1, 0.15) is 43.5 Å². The summed E-state index contributed by atoms with van der Waals surface area (Å²) >= 11 is 0. The van der Waals surface area contributed by atoms with Gasteiger partial charge in [-0.25, -0.2) is 4.79 Å². The highest BCUT2D eigenvalue weighted by atomic mass is 16.6. The second-order valence-corrected chi connectivity index (χ2v) is 5.07. The number of rotatable bonds is 4. The van der Waals surface area contributed by atoms with Crippen molar-refractivity contribution in [2.45, 2.75) is 39.8 Å². The Morgan fingerprint density at radius 2 is 2.14 bits per heavy atom. The minimum atomic E-state index is -0.278. The molecule has 0 saturated heterocycles. The van der Waals surface area contributed by atoms with E-state index in [-0.39, 0.29) is 18.7 Å². The molecule has 0 aliphatic carbocycles. The lowest BCUT2D eigenvalue weighted by Gasteiger charge is -2.35. The van der Waals surface area contributed by atoms with Crippen LogP contribution in [0.5, 0.6) is 5.75 Å². The van der Waals surface area contributed by atoms with Crippen molar-refractivity contribution in [3.05, 3.63) is 28.8 Å². The van der Waals surface area contributed by atoms with Gasteiger partial charge in [-0.05, 0) is 50.5 Å². The van der Waals surface area contributed by atoms with Gasteiger partial charge in [0.05, 0.1) is 25.9 Å². The van der Waals surface area contributed by atoms with Gasteiger partial charge in [-0.15, -0.1) is 0 Å². The van der Waals surface area contributed by atoms with Gasteiger partial charge in [-0.1, -0.05) is 0 Å². The maximum absolute atomic E-state index is 12.0. The average molecular weight is 293 g/mol. The van der Waals surface area contributed by atoms with E-state index in [1.165, 1.54) is 0 Å². The fourth-order valence-electron chi connectivity index (χ4n) is 2.77. The van der Waals surface area contributed by atoms with E-state index in [0.29, 0.717) is 25.5 Å². The van der Waals surface area contributed by atoms with Crippen LogP contribution in [0.3, 0.4) is 0 Å². The molecule has 0 aromatic heterocycles. The summed E-state index contributed by atoms with van der Waals surface area (Å²) < 4.78 is 10.7. The lowest BCUT2D eigenvalue weighted by molar-refractivity contribution is 0.0900. The molecule has 0 bridgehead atoms. The van der Waals surface area contributed by atoms with Crippen LogP contribution in [-0.4, -0.2) is 35.9 Å². The van der Waals surface area contributed by atoms with Crippen LogP contribution >= 0.6 is 0 Å². The van der Waals surface area contributed by atoms with Gasteiger partial charge in [-0.2, -0.15) is 0 Å². The predicted molar refractivity (Wildman–Crippen MR) is 79.4 cm³/mol. The van der Waals surface area contributed by atoms with Crippen LogP contribution in [0.15, 0.2) is 12.1 Å². The van der Waals surface area contributed by atoms with E-state index in [4.69, 9.17) is 9.47 Å². The number of aliphatic hydroxyl groups excluding tert-OH is 1. The van der Waals surface area contributed by atoms with E-state index in [0.717, 1.165) is 23.1 Å². The first-order chi connectivity index (χ1) is 10.1. The normalized spacial score (nSPS) is 17.3. The third kappa shape index (κ3) is 3.13. The third-order valence-electron chi connectivity index (χ3n) is 3.83. The smallest absolute Gasteiger partial charge is 0.410 e. The Kier molecular flexibility index (Phi) is 5.07. The zero-order valence-corrected chi connectivity index (χ0v) is 12.9. The molecule has 0 fully saturated rings. The highest BCUT2D eigenvalue weighted by Crippen LogP contribution is 2.34. The second-order valence-electron chi connectivity index (χ2n) is 5.07. The number of carbonyl (C=O) groups excluding carboxylic acids is 1. The number of hydrogen-bond acceptors (Lipinski definition) is 4. The number of fused-ring (bicyclic) bond motifs is 1. The van der Waals surface area contributed by atoms with Crippen molar-refractivity contribution >= 4 is 6.09 Å². The molecule has 1 heterocycles. The number of ether oxygens (including phenoxy) is 2. The standard InChI is InChI=1S/C16H23NO4/c1-4-20-15-9-14-11(3)17(16(19)21-5-2)7-6-12(14)8-13(15)10-18/h8-9,11,18H,4-7,10H2,1-3H3. The third-order valence-corrected chi connectivity index (χ3v) is 3.83. The molecule has 1 aromatic carbocycles. The van der Waals surface area contributed by atoms with Crippen LogP contribution in [0.4, 0.5) is 4.79 Å². The quantitative estimate of drug-likeness (QED) is 0.927. The van der Waals surface area contributed by atoms with E-state index in [9.17, 15) is 9.90 Å². The number of hydrogen-bond donors (Lipinski definition) is 1.